The molecule has 5 rings (SSSR count). The van der Waals surface area contributed by atoms with Crippen LogP contribution in [-0.2, 0) is 18.4 Å². The molecule has 4 nitrogen and oxygen atoms in total. The molecule has 1 spiro atoms. The van der Waals surface area contributed by atoms with Crippen molar-refractivity contribution in [1.82, 2.24) is 0 Å². The second kappa shape index (κ2) is 9.35. The zero-order valence-corrected chi connectivity index (χ0v) is 27.9. The Hall–Kier alpha value is -1.32. The van der Waals surface area contributed by atoms with Crippen LogP contribution in [0.2, 0.25) is 37.8 Å². The van der Waals surface area contributed by atoms with Gasteiger partial charge in [-0.1, -0.05) is 77.1 Å². The smallest absolute Gasteiger partial charge is 0.192 e. The maximum atomic E-state index is 13.4. The van der Waals surface area contributed by atoms with Gasteiger partial charge < -0.3 is 13.6 Å². The van der Waals surface area contributed by atoms with E-state index in [1.54, 1.807) is 0 Å². The van der Waals surface area contributed by atoms with E-state index >= 15 is 0 Å². The second-order valence-corrected chi connectivity index (χ2v) is 24.7. The number of carbonyl (C=O) groups is 1. The molecule has 0 radical (unpaired) electrons. The van der Waals surface area contributed by atoms with Crippen LogP contribution in [0.15, 0.2) is 48.1 Å². The van der Waals surface area contributed by atoms with E-state index in [-0.39, 0.29) is 28.6 Å². The van der Waals surface area contributed by atoms with Gasteiger partial charge in [-0.15, -0.1) is 0 Å². The number of ether oxygens (including phenoxy) is 1. The van der Waals surface area contributed by atoms with Gasteiger partial charge in [0, 0.05) is 24.2 Å². The number of ketones is 1. The normalized spacial score (nSPS) is 39.2. The Balaban J connectivity index is 1.69. The van der Waals surface area contributed by atoms with Crippen LogP contribution in [0.25, 0.3) is 6.08 Å². The van der Waals surface area contributed by atoms with Crippen LogP contribution in [0.1, 0.15) is 59.4 Å². The molecule has 2 aliphatic carbocycles. The lowest BCUT2D eigenvalue weighted by molar-refractivity contribution is -0.249. The third-order valence-corrected chi connectivity index (χ3v) is 16.0. The van der Waals surface area contributed by atoms with Crippen molar-refractivity contribution in [3.05, 3.63) is 53.6 Å². The van der Waals surface area contributed by atoms with E-state index in [2.05, 4.69) is 110 Å². The Morgan fingerprint density at radius 2 is 1.74 bits per heavy atom. The monoisotopic (exact) mass is 566 g/mol. The third-order valence-electron chi connectivity index (χ3n) is 10.6. The molecule has 39 heavy (non-hydrogen) atoms. The summed E-state index contributed by atoms with van der Waals surface area (Å²) in [6.07, 6.45) is 9.05. The van der Waals surface area contributed by atoms with Gasteiger partial charge in [0.05, 0.1) is 23.4 Å². The topological polar surface area (TPSA) is 44.8 Å². The molecule has 0 aromatic heterocycles. The molecule has 2 bridgehead atoms. The van der Waals surface area contributed by atoms with Gasteiger partial charge in [-0.3, -0.25) is 4.79 Å². The molecule has 1 aromatic rings. The zero-order valence-electron chi connectivity index (χ0n) is 25.9. The van der Waals surface area contributed by atoms with E-state index in [1.807, 2.05) is 6.08 Å². The van der Waals surface area contributed by atoms with Crippen LogP contribution in [0.4, 0.5) is 0 Å². The van der Waals surface area contributed by atoms with Gasteiger partial charge in [0.15, 0.2) is 22.4 Å². The summed E-state index contributed by atoms with van der Waals surface area (Å²) < 4.78 is 21.9. The Kier molecular flexibility index (Phi) is 7.00. The minimum absolute atomic E-state index is 0.111. The molecule has 2 saturated heterocycles. The summed E-state index contributed by atoms with van der Waals surface area (Å²) in [5.41, 5.74) is 1.07. The highest BCUT2D eigenvalue weighted by Gasteiger charge is 2.75. The number of rotatable bonds is 6. The van der Waals surface area contributed by atoms with Crippen LogP contribution in [0.3, 0.4) is 0 Å². The fourth-order valence-electron chi connectivity index (χ4n) is 7.91. The molecule has 4 aliphatic rings. The summed E-state index contributed by atoms with van der Waals surface area (Å²) in [6, 6.07) is 10.7. The Morgan fingerprint density at radius 3 is 2.36 bits per heavy atom. The molecule has 0 unspecified atom stereocenters. The number of allylic oxidation sites excluding steroid dienone is 1. The SMILES string of the molecule is C[C@@H]1C[C@H]2[C@]34O[C@@](CO[Si](C)(C)C(C)(C)C)(C[C@H]3C=CC(=O)[C@H]4C)C[C@]2(O[Si](C)(C)C)C1=Cc1ccccc1. The van der Waals surface area contributed by atoms with Crippen LogP contribution >= 0.6 is 0 Å². The molecule has 2 aliphatic heterocycles. The van der Waals surface area contributed by atoms with Crippen molar-refractivity contribution in [3.8, 4) is 0 Å². The van der Waals surface area contributed by atoms with Gasteiger partial charge in [0.1, 0.15) is 0 Å². The predicted octanol–water partition coefficient (Wildman–Crippen LogP) is 8.03. The molecular formula is C33H50O4Si2. The number of fused-ring (bicyclic) bond motifs is 2. The van der Waals surface area contributed by atoms with Gasteiger partial charge >= 0.3 is 0 Å². The summed E-state index contributed by atoms with van der Waals surface area (Å²) in [5.74, 6) is 0.633. The molecule has 0 N–H and O–H groups in total. The summed E-state index contributed by atoms with van der Waals surface area (Å²) in [6.45, 7) is 23.5. The first-order chi connectivity index (χ1) is 17.9. The van der Waals surface area contributed by atoms with E-state index in [9.17, 15) is 4.79 Å². The van der Waals surface area contributed by atoms with Gasteiger partial charge in [-0.05, 0) is 73.7 Å². The number of benzene rings is 1. The zero-order chi connectivity index (χ0) is 28.6. The summed E-state index contributed by atoms with van der Waals surface area (Å²) in [5, 5.41) is 0.111. The van der Waals surface area contributed by atoms with Crippen molar-refractivity contribution in [1.29, 1.82) is 0 Å². The van der Waals surface area contributed by atoms with E-state index in [4.69, 9.17) is 13.6 Å². The van der Waals surface area contributed by atoms with Gasteiger partial charge in [0.2, 0.25) is 0 Å². The molecule has 2 heterocycles. The van der Waals surface area contributed by atoms with Crippen molar-refractivity contribution in [2.24, 2.45) is 23.7 Å². The fraction of sp³-hybridized carbons (Fsp3) is 0.667. The first-order valence-corrected chi connectivity index (χ1v) is 21.3. The summed E-state index contributed by atoms with van der Waals surface area (Å²) >= 11 is 0. The maximum Gasteiger partial charge on any atom is 0.192 e. The number of hydrogen-bond donors (Lipinski definition) is 0. The Labute approximate surface area is 238 Å². The predicted molar refractivity (Wildman–Crippen MR) is 165 cm³/mol. The molecule has 7 atom stereocenters. The first kappa shape index (κ1) is 29.2. The Morgan fingerprint density at radius 1 is 1.08 bits per heavy atom. The molecule has 1 aromatic carbocycles. The molecule has 6 heteroatoms. The number of hydrogen-bond acceptors (Lipinski definition) is 4. The molecule has 1 saturated carbocycles. The van der Waals surface area contributed by atoms with Gasteiger partial charge in [-0.2, -0.15) is 0 Å². The highest BCUT2D eigenvalue weighted by atomic mass is 28.4. The van der Waals surface area contributed by atoms with E-state index < -0.39 is 33.4 Å². The van der Waals surface area contributed by atoms with Crippen LogP contribution in [0, 0.1) is 23.7 Å². The quantitative estimate of drug-likeness (QED) is 0.327. The van der Waals surface area contributed by atoms with Crippen molar-refractivity contribution in [2.45, 2.75) is 108 Å². The maximum absolute atomic E-state index is 13.4. The van der Waals surface area contributed by atoms with Crippen LogP contribution < -0.4 is 0 Å². The van der Waals surface area contributed by atoms with Crippen molar-refractivity contribution in [2.75, 3.05) is 6.61 Å². The van der Waals surface area contributed by atoms with Gasteiger partial charge in [0.25, 0.3) is 0 Å². The van der Waals surface area contributed by atoms with Gasteiger partial charge in [-0.25, -0.2) is 0 Å². The van der Waals surface area contributed by atoms with Crippen LogP contribution in [0.5, 0.6) is 0 Å². The largest absolute Gasteiger partial charge is 0.414 e. The lowest BCUT2D eigenvalue weighted by Crippen LogP contribution is -2.67. The first-order valence-electron chi connectivity index (χ1n) is 15.0. The summed E-state index contributed by atoms with van der Waals surface area (Å²) in [4.78, 5) is 13.4. The minimum atomic E-state index is -2.02. The highest BCUT2D eigenvalue weighted by Crippen LogP contribution is 2.69. The van der Waals surface area contributed by atoms with Crippen molar-refractivity contribution < 1.29 is 18.4 Å². The Bertz CT molecular complexity index is 1180. The van der Waals surface area contributed by atoms with E-state index in [0.717, 1.165) is 19.3 Å². The standard InChI is InChI=1S/C33H50O4Si2/c1-23-18-29-32(37-38(6,7)8,27(23)19-25-14-12-11-13-15-25)21-31(22-35-39(9,10)30(3,4)5)20-26-16-17-28(34)24(2)33(26,29)36-31/h11-17,19,23-24,26,29H,18,20-22H2,1-10H3/t23-,24-,26-,29-,31+,32+,33-/m1/s1. The lowest BCUT2D eigenvalue weighted by atomic mass is 9.61. The lowest BCUT2D eigenvalue weighted by Gasteiger charge is -2.58. The van der Waals surface area contributed by atoms with Crippen LogP contribution in [-0.4, -0.2) is 45.8 Å². The van der Waals surface area contributed by atoms with Crippen molar-refractivity contribution >= 4 is 28.5 Å². The number of carbonyl (C=O) groups excluding carboxylic acids is 1. The highest BCUT2D eigenvalue weighted by molar-refractivity contribution is 6.74. The summed E-state index contributed by atoms with van der Waals surface area (Å²) in [7, 11) is -4.04. The molecule has 0 amide bonds. The average Bonchev–Trinajstić information content (AvgIpc) is 3.26. The molecule has 3 fully saturated rings. The van der Waals surface area contributed by atoms with E-state index in [1.165, 1.54) is 11.1 Å². The molecule has 214 valence electrons. The second-order valence-electron chi connectivity index (χ2n) is 15.5. The minimum Gasteiger partial charge on any atom is -0.414 e. The fourth-order valence-corrected chi connectivity index (χ4v) is 10.4. The molecular weight excluding hydrogens is 517 g/mol. The average molecular weight is 567 g/mol. The van der Waals surface area contributed by atoms with Crippen molar-refractivity contribution in [3.63, 3.8) is 0 Å². The van der Waals surface area contributed by atoms with E-state index in [0.29, 0.717) is 12.5 Å². The third kappa shape index (κ3) is 4.72.